The number of hydrogen-bond acceptors (Lipinski definition) is 6. The maximum atomic E-state index is 13.7. The van der Waals surface area contributed by atoms with Crippen LogP contribution in [0.2, 0.25) is 0 Å². The van der Waals surface area contributed by atoms with E-state index in [-0.39, 0.29) is 29.5 Å². The van der Waals surface area contributed by atoms with E-state index in [2.05, 4.69) is 9.97 Å². The van der Waals surface area contributed by atoms with Crippen molar-refractivity contribution in [2.24, 2.45) is 0 Å². The van der Waals surface area contributed by atoms with Gasteiger partial charge in [0.1, 0.15) is 5.71 Å². The zero-order chi connectivity index (χ0) is 23.5. The first kappa shape index (κ1) is 22.7. The fraction of sp³-hybridized carbons (Fsp3) is 0.182. The predicted molar refractivity (Wildman–Crippen MR) is 112 cm³/mol. The van der Waals surface area contributed by atoms with E-state index in [1.807, 2.05) is 0 Å². The molecule has 0 radical (unpaired) electrons. The summed E-state index contributed by atoms with van der Waals surface area (Å²) in [6.45, 7) is 1.76. The van der Waals surface area contributed by atoms with E-state index in [1.165, 1.54) is 18.2 Å². The number of carboxylic acid groups (broad SMARTS) is 1. The van der Waals surface area contributed by atoms with E-state index in [0.29, 0.717) is 11.1 Å². The van der Waals surface area contributed by atoms with Crippen LogP contribution in [0.5, 0.6) is 5.88 Å². The fourth-order valence-electron chi connectivity index (χ4n) is 2.91. The van der Waals surface area contributed by atoms with Crippen molar-refractivity contribution in [3.8, 4) is 17.1 Å². The Bertz CT molecular complexity index is 1130. The summed E-state index contributed by atoms with van der Waals surface area (Å²) in [6, 6.07) is 13.4. The molecule has 0 bridgehead atoms. The molecular formula is C22H19F3N4O3. The third kappa shape index (κ3) is 5.60. The second-order valence-electron chi connectivity index (χ2n) is 7.06. The van der Waals surface area contributed by atoms with Gasteiger partial charge in [-0.3, -0.25) is 5.41 Å². The van der Waals surface area contributed by atoms with Crippen LogP contribution in [-0.2, 0) is 11.2 Å². The summed E-state index contributed by atoms with van der Waals surface area (Å²) in [5, 5.41) is 16.2. The van der Waals surface area contributed by atoms with Gasteiger partial charge >= 0.3 is 12.1 Å². The molecule has 0 aliphatic carbocycles. The van der Waals surface area contributed by atoms with Gasteiger partial charge in [0, 0.05) is 23.6 Å². The molecule has 32 heavy (non-hydrogen) atoms. The number of benzene rings is 2. The Morgan fingerprint density at radius 2 is 1.75 bits per heavy atom. The number of aliphatic carboxylic acids is 1. The predicted octanol–water partition coefficient (Wildman–Crippen LogP) is 4.36. The maximum Gasteiger partial charge on any atom is 0.429 e. The Kier molecular flexibility index (Phi) is 6.42. The van der Waals surface area contributed by atoms with Gasteiger partial charge in [-0.1, -0.05) is 54.1 Å². The number of nitrogens with one attached hydrogen (secondary N) is 1. The summed E-state index contributed by atoms with van der Waals surface area (Å²) in [6.07, 6.45) is -7.00. The van der Waals surface area contributed by atoms with Gasteiger partial charge in [0.2, 0.25) is 17.9 Å². The minimum atomic E-state index is -4.69. The number of carboxylic acids is 1. The van der Waals surface area contributed by atoms with Crippen molar-refractivity contribution in [3.63, 3.8) is 0 Å². The third-order valence-electron chi connectivity index (χ3n) is 4.52. The topological polar surface area (TPSA) is 122 Å². The average Bonchev–Trinajstić information content (AvgIpc) is 2.72. The number of carbonyl (C=O) groups is 1. The Morgan fingerprint density at radius 1 is 1.12 bits per heavy atom. The van der Waals surface area contributed by atoms with Crippen LogP contribution in [0.4, 0.5) is 19.1 Å². The molecule has 10 heteroatoms. The van der Waals surface area contributed by atoms with E-state index in [9.17, 15) is 18.0 Å². The smallest absolute Gasteiger partial charge is 0.429 e. The van der Waals surface area contributed by atoms with Crippen LogP contribution < -0.4 is 10.5 Å². The first-order valence-electron chi connectivity index (χ1n) is 9.37. The SMILES string of the molecule is Cc1ccc(C(Oc2cc(-c3ccc(CC(=N)C(=O)O)cc3)nc(N)n2)C(F)(F)F)cc1. The van der Waals surface area contributed by atoms with Crippen molar-refractivity contribution in [3.05, 3.63) is 71.3 Å². The van der Waals surface area contributed by atoms with Crippen LogP contribution in [-0.4, -0.2) is 32.9 Å². The molecule has 4 N–H and O–H groups in total. The number of hydrogen-bond donors (Lipinski definition) is 3. The fourth-order valence-corrected chi connectivity index (χ4v) is 2.91. The van der Waals surface area contributed by atoms with Crippen molar-refractivity contribution in [2.75, 3.05) is 5.73 Å². The molecule has 1 heterocycles. The summed E-state index contributed by atoms with van der Waals surface area (Å²) < 4.78 is 46.2. The lowest BCUT2D eigenvalue weighted by atomic mass is 10.0. The number of aryl methyl sites for hydroxylation is 1. The third-order valence-corrected chi connectivity index (χ3v) is 4.52. The number of halogens is 3. The van der Waals surface area contributed by atoms with Crippen molar-refractivity contribution < 1.29 is 27.8 Å². The molecule has 2 aromatic carbocycles. The molecule has 1 atom stereocenters. The maximum absolute atomic E-state index is 13.7. The molecule has 1 unspecified atom stereocenters. The number of aromatic nitrogens is 2. The average molecular weight is 444 g/mol. The molecule has 0 spiro atoms. The van der Waals surface area contributed by atoms with E-state index in [4.69, 9.17) is 21.0 Å². The van der Waals surface area contributed by atoms with Crippen molar-refractivity contribution in [1.82, 2.24) is 9.97 Å². The monoisotopic (exact) mass is 444 g/mol. The molecule has 166 valence electrons. The Labute approximate surface area is 181 Å². The van der Waals surface area contributed by atoms with Crippen LogP contribution in [0, 0.1) is 12.3 Å². The Hall–Kier alpha value is -3.95. The van der Waals surface area contributed by atoms with Crippen molar-refractivity contribution in [1.29, 1.82) is 5.41 Å². The van der Waals surface area contributed by atoms with Crippen LogP contribution >= 0.6 is 0 Å². The van der Waals surface area contributed by atoms with Gasteiger partial charge in [-0.15, -0.1) is 0 Å². The van der Waals surface area contributed by atoms with Crippen LogP contribution in [0.3, 0.4) is 0 Å². The Morgan fingerprint density at radius 3 is 2.31 bits per heavy atom. The van der Waals surface area contributed by atoms with Crippen LogP contribution in [0.1, 0.15) is 22.8 Å². The molecule has 0 aliphatic heterocycles. The van der Waals surface area contributed by atoms with Gasteiger partial charge in [-0.2, -0.15) is 18.2 Å². The molecule has 0 amide bonds. The number of nitrogen functional groups attached to an aromatic ring is 1. The molecule has 0 fully saturated rings. The number of alkyl halides is 3. The standard InChI is InChI=1S/C22H19F3N4O3/c1-12-2-6-15(7-3-12)19(22(23,24)25)32-18-11-17(28-21(27)29-18)14-8-4-13(5-9-14)10-16(26)20(30)31/h2-9,11,19,26H,10H2,1H3,(H,30,31)(H2,27,28,29). The van der Waals surface area contributed by atoms with Gasteiger partial charge in [0.05, 0.1) is 5.69 Å². The van der Waals surface area contributed by atoms with Crippen LogP contribution in [0.25, 0.3) is 11.3 Å². The lowest BCUT2D eigenvalue weighted by Crippen LogP contribution is -2.26. The number of nitrogens with two attached hydrogens (primary N) is 1. The molecule has 0 aliphatic rings. The molecule has 7 nitrogen and oxygen atoms in total. The quantitative estimate of drug-likeness (QED) is 0.466. The highest BCUT2D eigenvalue weighted by molar-refractivity contribution is 6.34. The Balaban J connectivity index is 1.88. The van der Waals surface area contributed by atoms with E-state index >= 15 is 0 Å². The largest absolute Gasteiger partial charge is 0.477 e. The van der Waals surface area contributed by atoms with Gasteiger partial charge in [-0.05, 0) is 12.5 Å². The lowest BCUT2D eigenvalue weighted by Gasteiger charge is -2.22. The summed E-state index contributed by atoms with van der Waals surface area (Å²) in [5.41, 5.74) is 7.28. The highest BCUT2D eigenvalue weighted by Gasteiger charge is 2.43. The molecule has 1 aromatic heterocycles. The highest BCUT2D eigenvalue weighted by atomic mass is 19.4. The molecule has 0 saturated carbocycles. The molecule has 3 rings (SSSR count). The first-order valence-corrected chi connectivity index (χ1v) is 9.37. The van der Waals surface area contributed by atoms with Crippen molar-refractivity contribution >= 4 is 17.6 Å². The van der Waals surface area contributed by atoms with E-state index < -0.39 is 24.0 Å². The van der Waals surface area contributed by atoms with Gasteiger partial charge in [0.15, 0.2) is 0 Å². The lowest BCUT2D eigenvalue weighted by molar-refractivity contribution is -0.198. The summed E-state index contributed by atoms with van der Waals surface area (Å²) in [7, 11) is 0. The van der Waals surface area contributed by atoms with E-state index in [0.717, 1.165) is 5.56 Å². The number of anilines is 1. The molecule has 0 saturated heterocycles. The van der Waals surface area contributed by atoms with Crippen LogP contribution in [0.15, 0.2) is 54.6 Å². The first-order chi connectivity index (χ1) is 15.0. The summed E-state index contributed by atoms with van der Waals surface area (Å²) in [5.74, 6) is -1.92. The van der Waals surface area contributed by atoms with Gasteiger partial charge < -0.3 is 15.6 Å². The van der Waals surface area contributed by atoms with Crippen molar-refractivity contribution in [2.45, 2.75) is 25.6 Å². The second kappa shape index (κ2) is 9.04. The van der Waals surface area contributed by atoms with E-state index in [1.54, 1.807) is 43.3 Å². The normalized spacial score (nSPS) is 12.2. The number of rotatable bonds is 7. The summed E-state index contributed by atoms with van der Waals surface area (Å²) >= 11 is 0. The summed E-state index contributed by atoms with van der Waals surface area (Å²) in [4.78, 5) is 18.6. The minimum Gasteiger partial charge on any atom is -0.477 e. The molecule has 3 aromatic rings. The zero-order valence-corrected chi connectivity index (χ0v) is 16.8. The number of ether oxygens (including phenoxy) is 1. The van der Waals surface area contributed by atoms with Gasteiger partial charge in [-0.25, -0.2) is 9.78 Å². The highest BCUT2D eigenvalue weighted by Crippen LogP contribution is 2.37. The van der Waals surface area contributed by atoms with Gasteiger partial charge in [0.25, 0.3) is 0 Å². The second-order valence-corrected chi connectivity index (χ2v) is 7.06. The minimum absolute atomic E-state index is 0.0697. The number of nitrogens with zero attached hydrogens (tertiary/aromatic N) is 2. The molecular weight excluding hydrogens is 425 g/mol. The zero-order valence-electron chi connectivity index (χ0n) is 16.8.